The molecule has 0 atom stereocenters. The molecule has 0 aromatic carbocycles. The largest absolute Gasteiger partial charge is 0.478 e. The van der Waals surface area contributed by atoms with Gasteiger partial charge in [0.05, 0.1) is 10.5 Å². The molecule has 1 aliphatic carbocycles. The Morgan fingerprint density at radius 2 is 2.25 bits per heavy atom. The highest BCUT2D eigenvalue weighted by Crippen LogP contribution is 2.34. The van der Waals surface area contributed by atoms with Crippen LogP contribution >= 0.6 is 11.3 Å². The van der Waals surface area contributed by atoms with E-state index < -0.39 is 5.97 Å². The summed E-state index contributed by atoms with van der Waals surface area (Å²) in [5, 5.41) is 11.4. The summed E-state index contributed by atoms with van der Waals surface area (Å²) in [6.07, 6.45) is 5.61. The predicted octanol–water partition coefficient (Wildman–Crippen LogP) is 2.14. The fourth-order valence-electron chi connectivity index (χ4n) is 2.07. The first-order valence-corrected chi connectivity index (χ1v) is 7.20. The first kappa shape index (κ1) is 14.7. The number of carboxylic acid groups (broad SMARTS) is 1. The summed E-state index contributed by atoms with van der Waals surface area (Å²) < 4.78 is 5.44. The summed E-state index contributed by atoms with van der Waals surface area (Å²) in [5.41, 5.74) is -0.195. The molecule has 2 rings (SSSR count). The van der Waals surface area contributed by atoms with Gasteiger partial charge >= 0.3 is 5.97 Å². The maximum Gasteiger partial charge on any atom is 0.328 e. The third-order valence-corrected chi connectivity index (χ3v) is 4.56. The monoisotopic (exact) mass is 295 g/mol. The molecular weight excluding hydrogens is 278 g/mol. The van der Waals surface area contributed by atoms with Crippen LogP contribution in [-0.2, 0) is 9.53 Å². The zero-order valence-electron chi connectivity index (χ0n) is 11.2. The molecule has 1 aromatic heterocycles. The van der Waals surface area contributed by atoms with Gasteiger partial charge in [0, 0.05) is 24.6 Å². The fourth-order valence-corrected chi connectivity index (χ4v) is 2.90. The number of rotatable bonds is 6. The number of carbonyl (C=O) groups is 2. The van der Waals surface area contributed by atoms with Crippen LogP contribution in [0.25, 0.3) is 6.08 Å². The van der Waals surface area contributed by atoms with Gasteiger partial charge < -0.3 is 15.2 Å². The van der Waals surface area contributed by atoms with Crippen LogP contribution in [0.4, 0.5) is 0 Å². The Kier molecular flexibility index (Phi) is 4.57. The van der Waals surface area contributed by atoms with Crippen LogP contribution in [0.15, 0.2) is 18.2 Å². The van der Waals surface area contributed by atoms with E-state index in [1.54, 1.807) is 19.2 Å². The number of carboxylic acids is 1. The molecule has 1 aliphatic rings. The summed E-state index contributed by atoms with van der Waals surface area (Å²) in [4.78, 5) is 23.7. The summed E-state index contributed by atoms with van der Waals surface area (Å²) >= 11 is 1.26. The van der Waals surface area contributed by atoms with Crippen molar-refractivity contribution < 1.29 is 19.4 Å². The van der Waals surface area contributed by atoms with E-state index in [4.69, 9.17) is 9.84 Å². The number of carbonyl (C=O) groups excluding carboxylic acids is 1. The second kappa shape index (κ2) is 6.19. The van der Waals surface area contributed by atoms with Crippen LogP contribution in [0.2, 0.25) is 0 Å². The van der Waals surface area contributed by atoms with Crippen molar-refractivity contribution in [1.82, 2.24) is 5.32 Å². The third-order valence-electron chi connectivity index (χ3n) is 3.51. The van der Waals surface area contributed by atoms with Crippen molar-refractivity contribution in [2.24, 2.45) is 0 Å². The molecule has 0 saturated heterocycles. The fraction of sp³-hybridized carbons (Fsp3) is 0.429. The highest BCUT2D eigenvalue weighted by molar-refractivity contribution is 7.14. The predicted molar refractivity (Wildman–Crippen MR) is 76.9 cm³/mol. The molecule has 6 heteroatoms. The normalized spacial score (nSPS) is 16.9. The van der Waals surface area contributed by atoms with Crippen LogP contribution in [0.1, 0.15) is 33.8 Å². The first-order valence-electron chi connectivity index (χ1n) is 6.39. The maximum absolute atomic E-state index is 12.0. The molecule has 0 aliphatic heterocycles. The highest BCUT2D eigenvalue weighted by Gasteiger charge is 2.37. The Morgan fingerprint density at radius 3 is 2.80 bits per heavy atom. The van der Waals surface area contributed by atoms with Crippen molar-refractivity contribution >= 4 is 29.3 Å². The van der Waals surface area contributed by atoms with E-state index in [2.05, 4.69) is 5.32 Å². The number of methoxy groups -OCH3 is 1. The van der Waals surface area contributed by atoms with Gasteiger partial charge in [-0.25, -0.2) is 4.79 Å². The number of thiophene rings is 1. The van der Waals surface area contributed by atoms with E-state index in [0.29, 0.717) is 11.4 Å². The zero-order chi connectivity index (χ0) is 14.6. The maximum atomic E-state index is 12.0. The Labute approximate surface area is 121 Å². The van der Waals surface area contributed by atoms with E-state index in [1.165, 1.54) is 17.4 Å². The molecule has 20 heavy (non-hydrogen) atoms. The van der Waals surface area contributed by atoms with Crippen LogP contribution in [0.3, 0.4) is 0 Å². The summed E-state index contributed by atoms with van der Waals surface area (Å²) in [7, 11) is 1.67. The van der Waals surface area contributed by atoms with E-state index in [1.807, 2.05) is 0 Å². The Morgan fingerprint density at radius 1 is 1.50 bits per heavy atom. The molecule has 1 aromatic rings. The van der Waals surface area contributed by atoms with Gasteiger partial charge in [0.1, 0.15) is 0 Å². The standard InChI is InChI=1S/C14H17NO4S/c1-19-14(7-2-8-14)9-15-13(18)11-5-3-10(20-11)4-6-12(16)17/h3-6H,2,7-9H2,1H3,(H,15,18)(H,16,17)/b6-4+. The number of hydrogen-bond acceptors (Lipinski definition) is 4. The van der Waals surface area contributed by atoms with Gasteiger partial charge in [0.15, 0.2) is 0 Å². The molecule has 0 unspecified atom stereocenters. The minimum atomic E-state index is -1.00. The van der Waals surface area contributed by atoms with Crippen molar-refractivity contribution in [1.29, 1.82) is 0 Å². The van der Waals surface area contributed by atoms with Gasteiger partial charge in [-0.05, 0) is 37.5 Å². The molecule has 0 spiro atoms. The van der Waals surface area contributed by atoms with E-state index in [0.717, 1.165) is 30.2 Å². The molecule has 108 valence electrons. The summed E-state index contributed by atoms with van der Waals surface area (Å²) in [6.45, 7) is 0.514. The van der Waals surface area contributed by atoms with Crippen LogP contribution in [0.5, 0.6) is 0 Å². The number of ether oxygens (including phenoxy) is 1. The second-order valence-electron chi connectivity index (χ2n) is 4.80. The van der Waals surface area contributed by atoms with Crippen molar-refractivity contribution in [3.8, 4) is 0 Å². The number of nitrogens with one attached hydrogen (secondary N) is 1. The van der Waals surface area contributed by atoms with Crippen molar-refractivity contribution in [2.75, 3.05) is 13.7 Å². The lowest BCUT2D eigenvalue weighted by atomic mass is 9.80. The Bertz CT molecular complexity index is 526. The molecular formula is C14H17NO4S. The molecule has 1 fully saturated rings. The van der Waals surface area contributed by atoms with E-state index in [-0.39, 0.29) is 11.5 Å². The Hall–Kier alpha value is -1.66. The van der Waals surface area contributed by atoms with Crippen molar-refractivity contribution in [2.45, 2.75) is 24.9 Å². The lowest BCUT2D eigenvalue weighted by Crippen LogP contribution is -2.49. The molecule has 1 saturated carbocycles. The van der Waals surface area contributed by atoms with Crippen molar-refractivity contribution in [3.05, 3.63) is 28.0 Å². The SMILES string of the molecule is COC1(CNC(=O)c2ccc(/C=C/C(=O)O)s2)CCC1. The molecule has 5 nitrogen and oxygen atoms in total. The van der Waals surface area contributed by atoms with E-state index >= 15 is 0 Å². The average molecular weight is 295 g/mol. The number of aliphatic carboxylic acids is 1. The van der Waals surface area contributed by atoms with Gasteiger partial charge in [-0.2, -0.15) is 0 Å². The van der Waals surface area contributed by atoms with Crippen LogP contribution in [0, 0.1) is 0 Å². The lowest BCUT2D eigenvalue weighted by Gasteiger charge is -2.40. The molecule has 2 N–H and O–H groups in total. The van der Waals surface area contributed by atoms with Gasteiger partial charge in [0.25, 0.3) is 5.91 Å². The first-order chi connectivity index (χ1) is 9.54. The second-order valence-corrected chi connectivity index (χ2v) is 5.91. The molecule has 0 bridgehead atoms. The number of hydrogen-bond donors (Lipinski definition) is 2. The van der Waals surface area contributed by atoms with Crippen molar-refractivity contribution in [3.63, 3.8) is 0 Å². The quantitative estimate of drug-likeness (QED) is 0.788. The van der Waals surface area contributed by atoms with Gasteiger partial charge in [-0.1, -0.05) is 0 Å². The van der Waals surface area contributed by atoms with Gasteiger partial charge in [0.2, 0.25) is 0 Å². The third kappa shape index (κ3) is 3.46. The molecule has 1 amide bonds. The molecule has 0 radical (unpaired) electrons. The van der Waals surface area contributed by atoms with Crippen LogP contribution < -0.4 is 5.32 Å². The summed E-state index contributed by atoms with van der Waals surface area (Å²) in [5.74, 6) is -1.15. The number of amides is 1. The average Bonchev–Trinajstić information content (AvgIpc) is 2.84. The summed E-state index contributed by atoms with van der Waals surface area (Å²) in [6, 6.07) is 3.43. The van der Waals surface area contributed by atoms with E-state index in [9.17, 15) is 9.59 Å². The highest BCUT2D eigenvalue weighted by atomic mass is 32.1. The minimum absolute atomic E-state index is 0.145. The topological polar surface area (TPSA) is 75.6 Å². The molecule has 1 heterocycles. The van der Waals surface area contributed by atoms with Gasteiger partial charge in [-0.15, -0.1) is 11.3 Å². The Balaban J connectivity index is 1.91. The zero-order valence-corrected chi connectivity index (χ0v) is 12.0. The smallest absolute Gasteiger partial charge is 0.328 e. The van der Waals surface area contributed by atoms with Crippen LogP contribution in [-0.4, -0.2) is 36.2 Å². The minimum Gasteiger partial charge on any atom is -0.478 e. The lowest BCUT2D eigenvalue weighted by molar-refractivity contribution is -0.131. The van der Waals surface area contributed by atoms with Gasteiger partial charge in [-0.3, -0.25) is 4.79 Å².